The van der Waals surface area contributed by atoms with Crippen molar-refractivity contribution in [2.45, 2.75) is 51.4 Å². The van der Waals surface area contributed by atoms with E-state index in [4.69, 9.17) is 9.47 Å². The number of nitrogens with zero attached hydrogens (tertiary/aromatic N) is 3. The van der Waals surface area contributed by atoms with Crippen molar-refractivity contribution in [1.29, 1.82) is 0 Å². The molecule has 2 aliphatic rings. The number of benzene rings is 1. The summed E-state index contributed by atoms with van der Waals surface area (Å²) in [7, 11) is 0. The molecule has 0 aromatic heterocycles. The zero-order chi connectivity index (χ0) is 21.6. The van der Waals surface area contributed by atoms with Crippen molar-refractivity contribution in [2.75, 3.05) is 59.0 Å². The number of aliphatic hydroxyl groups is 2. The van der Waals surface area contributed by atoms with E-state index in [1.807, 2.05) is 26.8 Å². The van der Waals surface area contributed by atoms with Crippen molar-refractivity contribution in [3.63, 3.8) is 0 Å². The van der Waals surface area contributed by atoms with E-state index in [2.05, 4.69) is 39.0 Å². The molecule has 1 aromatic rings. The Hall–Kier alpha value is -1.06. The number of ether oxygens (including phenoxy) is 2. The highest BCUT2D eigenvalue weighted by molar-refractivity contribution is 5.14. The van der Waals surface area contributed by atoms with E-state index >= 15 is 0 Å². The summed E-state index contributed by atoms with van der Waals surface area (Å²) in [5.41, 5.74) is 1.30. The van der Waals surface area contributed by atoms with Gasteiger partial charge in [-0.05, 0) is 26.3 Å². The average molecular weight is 422 g/mol. The summed E-state index contributed by atoms with van der Waals surface area (Å²) < 4.78 is 11.7. The van der Waals surface area contributed by atoms with Crippen LogP contribution in [0.4, 0.5) is 0 Å². The second-order valence-corrected chi connectivity index (χ2v) is 9.10. The molecule has 0 bridgehead atoms. The van der Waals surface area contributed by atoms with Gasteiger partial charge in [0, 0.05) is 52.4 Å². The van der Waals surface area contributed by atoms with Crippen LogP contribution in [-0.4, -0.2) is 108 Å². The Labute approximate surface area is 181 Å². The van der Waals surface area contributed by atoms with E-state index in [0.29, 0.717) is 13.2 Å². The van der Waals surface area contributed by atoms with Gasteiger partial charge in [-0.3, -0.25) is 14.7 Å². The molecule has 2 heterocycles. The molecule has 0 saturated carbocycles. The maximum Gasteiger partial charge on any atom is 0.162 e. The molecule has 0 spiro atoms. The molecule has 0 unspecified atom stereocenters. The van der Waals surface area contributed by atoms with Gasteiger partial charge in [0.15, 0.2) is 5.79 Å². The quantitative estimate of drug-likeness (QED) is 0.735. The molecular weight excluding hydrogens is 382 g/mol. The van der Waals surface area contributed by atoms with Gasteiger partial charge >= 0.3 is 0 Å². The summed E-state index contributed by atoms with van der Waals surface area (Å²) in [5.74, 6) is -0.674. The van der Waals surface area contributed by atoms with Crippen LogP contribution in [0.1, 0.15) is 26.3 Å². The first-order valence-corrected chi connectivity index (χ1v) is 11.2. The molecule has 2 fully saturated rings. The third-order valence-corrected chi connectivity index (χ3v) is 6.03. The van der Waals surface area contributed by atoms with E-state index in [-0.39, 0.29) is 18.8 Å². The maximum atomic E-state index is 10.8. The van der Waals surface area contributed by atoms with E-state index in [9.17, 15) is 10.2 Å². The number of hydrogen-bond donors (Lipinski definition) is 2. The van der Waals surface area contributed by atoms with Gasteiger partial charge in [0.1, 0.15) is 0 Å². The highest BCUT2D eigenvalue weighted by atomic mass is 16.7. The van der Waals surface area contributed by atoms with Crippen LogP contribution >= 0.6 is 0 Å². The van der Waals surface area contributed by atoms with E-state index < -0.39 is 11.9 Å². The van der Waals surface area contributed by atoms with Crippen molar-refractivity contribution in [1.82, 2.24) is 14.7 Å². The van der Waals surface area contributed by atoms with Crippen LogP contribution in [0.5, 0.6) is 0 Å². The van der Waals surface area contributed by atoms with Crippen LogP contribution in [0.15, 0.2) is 30.3 Å². The standard InChI is InChI=1S/C23H39N3O4/c1-19(27)15-24-9-10-25(16-20-7-5-4-6-8-20)12-14-26(13-11-24)21-17-29-23(2,3)30-18-22(21)28/h4-8,19,21-22,27-28H,9-18H2,1-3H3/t19-,21+,22+/m0/s1. The summed E-state index contributed by atoms with van der Waals surface area (Å²) in [4.78, 5) is 7.13. The van der Waals surface area contributed by atoms with Gasteiger partial charge in [-0.2, -0.15) is 0 Å². The van der Waals surface area contributed by atoms with Gasteiger partial charge in [0.25, 0.3) is 0 Å². The number of aliphatic hydroxyl groups excluding tert-OH is 2. The second kappa shape index (κ2) is 11.0. The zero-order valence-corrected chi connectivity index (χ0v) is 18.7. The average Bonchev–Trinajstić information content (AvgIpc) is 2.77. The lowest BCUT2D eigenvalue weighted by molar-refractivity contribution is -0.204. The molecule has 0 aliphatic carbocycles. The minimum Gasteiger partial charge on any atom is -0.392 e. The number of β-amino-alcohol motifs (C(OH)–C–C–N with tert-alkyl or cyclic N) is 1. The van der Waals surface area contributed by atoms with Crippen molar-refractivity contribution < 1.29 is 19.7 Å². The summed E-state index contributed by atoms with van der Waals surface area (Å²) in [6, 6.07) is 10.4. The Morgan fingerprint density at radius 3 is 2.27 bits per heavy atom. The molecule has 2 N–H and O–H groups in total. The Balaban J connectivity index is 1.71. The maximum absolute atomic E-state index is 10.8. The van der Waals surface area contributed by atoms with Gasteiger partial charge in [-0.1, -0.05) is 30.3 Å². The monoisotopic (exact) mass is 421 g/mol. The van der Waals surface area contributed by atoms with Crippen LogP contribution in [0, 0.1) is 0 Å². The summed E-state index contributed by atoms with van der Waals surface area (Å²) >= 11 is 0. The molecule has 7 nitrogen and oxygen atoms in total. The normalized spacial score (nSPS) is 28.8. The number of hydrogen-bond acceptors (Lipinski definition) is 7. The highest BCUT2D eigenvalue weighted by Gasteiger charge is 2.35. The van der Waals surface area contributed by atoms with Crippen LogP contribution in [0.25, 0.3) is 0 Å². The van der Waals surface area contributed by atoms with Gasteiger partial charge in [-0.15, -0.1) is 0 Å². The SMILES string of the molecule is C[C@H](O)CN1CCN(Cc2ccccc2)CCN([C@@H]2COC(C)(C)OC[C@H]2O)CC1. The summed E-state index contributed by atoms with van der Waals surface area (Å²) in [5, 5.41) is 20.7. The fourth-order valence-corrected chi connectivity index (χ4v) is 4.23. The van der Waals surface area contributed by atoms with Gasteiger partial charge in [-0.25, -0.2) is 0 Å². The van der Waals surface area contributed by atoms with Gasteiger partial charge < -0.3 is 19.7 Å². The first-order chi connectivity index (χ1) is 14.3. The predicted molar refractivity (Wildman–Crippen MR) is 117 cm³/mol. The molecule has 3 rings (SSSR count). The number of rotatable bonds is 5. The second-order valence-electron chi connectivity index (χ2n) is 9.10. The third-order valence-electron chi connectivity index (χ3n) is 6.03. The molecule has 2 aliphatic heterocycles. The summed E-state index contributed by atoms with van der Waals surface area (Å²) in [6.45, 7) is 13.3. The highest BCUT2D eigenvalue weighted by Crippen LogP contribution is 2.21. The molecule has 170 valence electrons. The lowest BCUT2D eigenvalue weighted by Crippen LogP contribution is -2.51. The predicted octanol–water partition coefficient (Wildman–Crippen LogP) is 0.999. The Morgan fingerprint density at radius 1 is 0.967 bits per heavy atom. The molecule has 0 radical (unpaired) electrons. The Bertz CT molecular complexity index is 628. The molecule has 0 amide bonds. The third kappa shape index (κ3) is 7.27. The van der Waals surface area contributed by atoms with Crippen LogP contribution in [-0.2, 0) is 16.0 Å². The van der Waals surface area contributed by atoms with E-state index in [1.165, 1.54) is 5.56 Å². The Kier molecular flexibility index (Phi) is 8.65. The van der Waals surface area contributed by atoms with Crippen molar-refractivity contribution in [3.8, 4) is 0 Å². The van der Waals surface area contributed by atoms with Crippen molar-refractivity contribution in [2.24, 2.45) is 0 Å². The smallest absolute Gasteiger partial charge is 0.162 e. The van der Waals surface area contributed by atoms with E-state index in [1.54, 1.807) is 0 Å². The van der Waals surface area contributed by atoms with Crippen LogP contribution in [0.2, 0.25) is 0 Å². The van der Waals surface area contributed by atoms with E-state index in [0.717, 1.165) is 45.8 Å². The molecule has 1 aromatic carbocycles. The van der Waals surface area contributed by atoms with Gasteiger partial charge in [0.05, 0.1) is 31.5 Å². The Morgan fingerprint density at radius 2 is 1.57 bits per heavy atom. The summed E-state index contributed by atoms with van der Waals surface area (Å²) in [6.07, 6.45) is -0.942. The lowest BCUT2D eigenvalue weighted by Gasteiger charge is -2.34. The minimum absolute atomic E-state index is 0.100. The lowest BCUT2D eigenvalue weighted by atomic mass is 10.1. The van der Waals surface area contributed by atoms with Crippen molar-refractivity contribution >= 4 is 0 Å². The largest absolute Gasteiger partial charge is 0.392 e. The molecule has 3 atom stereocenters. The van der Waals surface area contributed by atoms with Crippen molar-refractivity contribution in [3.05, 3.63) is 35.9 Å². The molecule has 2 saturated heterocycles. The first-order valence-electron chi connectivity index (χ1n) is 11.2. The molecule has 7 heteroatoms. The van der Waals surface area contributed by atoms with Crippen LogP contribution in [0.3, 0.4) is 0 Å². The fraction of sp³-hybridized carbons (Fsp3) is 0.739. The minimum atomic E-state index is -0.674. The van der Waals surface area contributed by atoms with Crippen LogP contribution < -0.4 is 0 Å². The fourth-order valence-electron chi connectivity index (χ4n) is 4.23. The molecule has 30 heavy (non-hydrogen) atoms. The first kappa shape index (κ1) is 23.6. The zero-order valence-electron chi connectivity index (χ0n) is 18.7. The van der Waals surface area contributed by atoms with Gasteiger partial charge in [0.2, 0.25) is 0 Å². The molecular formula is C23H39N3O4. The topological polar surface area (TPSA) is 68.6 Å².